The molecule has 22 heavy (non-hydrogen) atoms. The van der Waals surface area contributed by atoms with Crippen molar-refractivity contribution in [1.82, 2.24) is 0 Å². The Bertz CT molecular complexity index is 527. The van der Waals surface area contributed by atoms with E-state index >= 15 is 0 Å². The molecule has 124 valence electrons. The average Bonchev–Trinajstić information content (AvgIpc) is 2.43. The van der Waals surface area contributed by atoms with Gasteiger partial charge in [0.05, 0.1) is 19.9 Å². The zero-order chi connectivity index (χ0) is 16.9. The van der Waals surface area contributed by atoms with Crippen molar-refractivity contribution in [3.05, 3.63) is 17.7 Å². The average molecular weight is 315 g/mol. The molecule has 7 heteroatoms. The van der Waals surface area contributed by atoms with Crippen LogP contribution >= 0.6 is 0 Å². The fourth-order valence-corrected chi connectivity index (χ4v) is 1.78. The number of amides is 1. The number of aliphatic hydroxyl groups excluding tert-OH is 1. The predicted molar refractivity (Wildman–Crippen MR) is 80.3 cm³/mol. The lowest BCUT2D eigenvalue weighted by Gasteiger charge is -2.22. The van der Waals surface area contributed by atoms with Gasteiger partial charge in [-0.2, -0.15) is 0 Å². The number of hydrogen-bond donors (Lipinski definition) is 2. The molecule has 2 N–H and O–H groups in total. The van der Waals surface area contributed by atoms with Crippen molar-refractivity contribution in [3.8, 4) is 11.5 Å². The molecule has 0 aliphatic rings. The topological polar surface area (TPSA) is 77.0 Å². The van der Waals surface area contributed by atoms with Crippen molar-refractivity contribution in [2.24, 2.45) is 0 Å². The number of carbonyl (C=O) groups is 1. The summed E-state index contributed by atoms with van der Waals surface area (Å²) in [6.45, 7) is 4.16. The summed E-state index contributed by atoms with van der Waals surface area (Å²) in [6.07, 6.45) is -2.11. The minimum absolute atomic E-state index is 0.172. The molecule has 6 nitrogen and oxygen atoms in total. The lowest BCUT2D eigenvalue weighted by molar-refractivity contribution is 0.0635. The maximum absolute atomic E-state index is 12.8. The molecule has 0 bridgehead atoms. The van der Waals surface area contributed by atoms with Gasteiger partial charge >= 0.3 is 6.09 Å². The molecule has 0 aromatic heterocycles. The molecule has 0 heterocycles. The van der Waals surface area contributed by atoms with Crippen LogP contribution in [0.1, 0.15) is 32.4 Å². The zero-order valence-corrected chi connectivity index (χ0v) is 13.4. The van der Waals surface area contributed by atoms with Crippen LogP contribution in [-0.4, -0.2) is 37.7 Å². The SMILES string of the molecule is COc1cc(NC(=O)OC(C)(C)C)c(C(O)CF)cc1OC. The first-order valence-electron chi connectivity index (χ1n) is 6.71. The Labute approximate surface area is 129 Å². The second-order valence-electron chi connectivity index (χ2n) is 5.59. The number of benzene rings is 1. The van der Waals surface area contributed by atoms with Gasteiger partial charge in [-0.3, -0.25) is 5.32 Å². The largest absolute Gasteiger partial charge is 0.493 e. The van der Waals surface area contributed by atoms with E-state index in [2.05, 4.69) is 5.32 Å². The molecule has 1 atom stereocenters. The van der Waals surface area contributed by atoms with E-state index in [0.717, 1.165) is 0 Å². The maximum atomic E-state index is 12.8. The Morgan fingerprint density at radius 1 is 1.27 bits per heavy atom. The Hall–Kier alpha value is -2.02. The van der Waals surface area contributed by atoms with Gasteiger partial charge in [-0.05, 0) is 26.8 Å². The first kappa shape index (κ1) is 18.0. The number of alkyl halides is 1. The number of ether oxygens (including phenoxy) is 3. The van der Waals surface area contributed by atoms with Gasteiger partial charge in [0.2, 0.25) is 0 Å². The van der Waals surface area contributed by atoms with Gasteiger partial charge in [0, 0.05) is 11.6 Å². The van der Waals surface area contributed by atoms with E-state index in [1.54, 1.807) is 20.8 Å². The van der Waals surface area contributed by atoms with Gasteiger partial charge in [0.25, 0.3) is 0 Å². The predicted octanol–water partition coefficient (Wildman–Crippen LogP) is 3.05. The van der Waals surface area contributed by atoms with Crippen LogP contribution in [0.5, 0.6) is 11.5 Å². The van der Waals surface area contributed by atoms with E-state index in [0.29, 0.717) is 11.5 Å². The summed E-state index contributed by atoms with van der Waals surface area (Å²) in [5, 5.41) is 12.3. The lowest BCUT2D eigenvalue weighted by atomic mass is 10.1. The number of aliphatic hydroxyl groups is 1. The summed E-state index contributed by atoms with van der Waals surface area (Å²) < 4.78 is 28.2. The summed E-state index contributed by atoms with van der Waals surface area (Å²) in [4.78, 5) is 11.9. The highest BCUT2D eigenvalue weighted by Gasteiger charge is 2.21. The van der Waals surface area contributed by atoms with Gasteiger partial charge in [0.1, 0.15) is 18.4 Å². The smallest absolute Gasteiger partial charge is 0.412 e. The normalized spacial score (nSPS) is 12.5. The molecular formula is C15H22FNO5. The van der Waals surface area contributed by atoms with Crippen LogP contribution in [0.15, 0.2) is 12.1 Å². The van der Waals surface area contributed by atoms with Crippen molar-refractivity contribution in [2.45, 2.75) is 32.5 Å². The zero-order valence-electron chi connectivity index (χ0n) is 13.4. The molecule has 1 unspecified atom stereocenters. The van der Waals surface area contributed by atoms with E-state index in [1.165, 1.54) is 26.4 Å². The highest BCUT2D eigenvalue weighted by molar-refractivity contribution is 5.87. The molecule has 0 fully saturated rings. The number of rotatable bonds is 5. The number of hydrogen-bond acceptors (Lipinski definition) is 5. The van der Waals surface area contributed by atoms with Gasteiger partial charge in [0.15, 0.2) is 11.5 Å². The molecule has 1 aromatic rings. The monoisotopic (exact) mass is 315 g/mol. The van der Waals surface area contributed by atoms with Crippen molar-refractivity contribution < 1.29 is 28.5 Å². The standard InChI is InChI=1S/C15H22FNO5/c1-15(2,3)22-14(19)17-10-7-13(21-5)12(20-4)6-9(10)11(18)8-16/h6-7,11,18H,8H2,1-5H3,(H,17,19). The third-order valence-electron chi connectivity index (χ3n) is 2.70. The van der Waals surface area contributed by atoms with Crippen LogP contribution in [0.2, 0.25) is 0 Å². The number of halogens is 1. The van der Waals surface area contributed by atoms with Crippen LogP contribution in [-0.2, 0) is 4.74 Å². The number of methoxy groups -OCH3 is 2. The number of anilines is 1. The number of nitrogens with one attached hydrogen (secondary N) is 1. The van der Waals surface area contributed by atoms with Gasteiger partial charge in [-0.15, -0.1) is 0 Å². The minimum Gasteiger partial charge on any atom is -0.493 e. The number of carbonyl (C=O) groups excluding carboxylic acids is 1. The fourth-order valence-electron chi connectivity index (χ4n) is 1.78. The molecule has 0 saturated carbocycles. The summed E-state index contributed by atoms with van der Waals surface area (Å²) in [6, 6.07) is 2.85. The second kappa shape index (κ2) is 7.31. The molecule has 1 amide bonds. The highest BCUT2D eigenvalue weighted by Crippen LogP contribution is 2.36. The van der Waals surface area contributed by atoms with Gasteiger partial charge < -0.3 is 19.3 Å². The molecule has 0 aliphatic carbocycles. The van der Waals surface area contributed by atoms with Crippen LogP contribution in [0.3, 0.4) is 0 Å². The quantitative estimate of drug-likeness (QED) is 0.873. The first-order valence-corrected chi connectivity index (χ1v) is 6.71. The molecule has 0 spiro atoms. The first-order chi connectivity index (χ1) is 10.2. The van der Waals surface area contributed by atoms with Gasteiger partial charge in [-0.1, -0.05) is 0 Å². The molecule has 1 aromatic carbocycles. The van der Waals surface area contributed by atoms with Crippen LogP contribution in [0.4, 0.5) is 14.9 Å². The minimum atomic E-state index is -1.40. The molecule has 1 rings (SSSR count). The van der Waals surface area contributed by atoms with E-state index in [9.17, 15) is 14.3 Å². The van der Waals surface area contributed by atoms with Crippen molar-refractivity contribution >= 4 is 11.8 Å². The Morgan fingerprint density at radius 3 is 2.27 bits per heavy atom. The van der Waals surface area contributed by atoms with Crippen LogP contribution in [0, 0.1) is 0 Å². The van der Waals surface area contributed by atoms with E-state index < -0.39 is 24.5 Å². The molecular weight excluding hydrogens is 293 g/mol. The third kappa shape index (κ3) is 4.77. The Balaban J connectivity index is 3.17. The molecule has 0 aliphatic heterocycles. The van der Waals surface area contributed by atoms with Gasteiger partial charge in [-0.25, -0.2) is 9.18 Å². The fraction of sp³-hybridized carbons (Fsp3) is 0.533. The summed E-state index contributed by atoms with van der Waals surface area (Å²) >= 11 is 0. The summed E-state index contributed by atoms with van der Waals surface area (Å²) in [5.74, 6) is 0.656. The Morgan fingerprint density at radius 2 is 1.82 bits per heavy atom. The highest BCUT2D eigenvalue weighted by atomic mass is 19.1. The van der Waals surface area contributed by atoms with Crippen molar-refractivity contribution in [3.63, 3.8) is 0 Å². The Kier molecular flexibility index (Phi) is 5.99. The summed E-state index contributed by atoms with van der Waals surface area (Å²) in [5.41, 5.74) is -0.317. The molecule has 0 saturated heterocycles. The third-order valence-corrected chi connectivity index (χ3v) is 2.70. The maximum Gasteiger partial charge on any atom is 0.412 e. The second-order valence-corrected chi connectivity index (χ2v) is 5.59. The van der Waals surface area contributed by atoms with Crippen molar-refractivity contribution in [1.29, 1.82) is 0 Å². The van der Waals surface area contributed by atoms with E-state index in [4.69, 9.17) is 14.2 Å². The molecule has 0 radical (unpaired) electrons. The van der Waals surface area contributed by atoms with E-state index in [-0.39, 0.29) is 11.3 Å². The van der Waals surface area contributed by atoms with Crippen LogP contribution < -0.4 is 14.8 Å². The van der Waals surface area contributed by atoms with E-state index in [1.807, 2.05) is 0 Å². The van der Waals surface area contributed by atoms with Crippen molar-refractivity contribution in [2.75, 3.05) is 26.2 Å². The van der Waals surface area contributed by atoms with Crippen LogP contribution in [0.25, 0.3) is 0 Å². The lowest BCUT2D eigenvalue weighted by Crippen LogP contribution is -2.27. The summed E-state index contributed by atoms with van der Waals surface area (Å²) in [7, 11) is 2.85.